The SMILES string of the molecule is O=CNc1cccc(-c2cccnc2)n1. The van der Waals surface area contributed by atoms with Crippen molar-refractivity contribution in [2.24, 2.45) is 0 Å². The molecule has 0 spiro atoms. The average Bonchev–Trinajstić information content (AvgIpc) is 2.31. The number of carbonyl (C=O) groups excluding carboxylic acids is 1. The Morgan fingerprint density at radius 1 is 1.20 bits per heavy atom. The maximum atomic E-state index is 10.3. The van der Waals surface area contributed by atoms with E-state index in [2.05, 4.69) is 15.3 Å². The number of anilines is 1. The quantitative estimate of drug-likeness (QED) is 0.765. The zero-order chi connectivity index (χ0) is 10.5. The minimum absolute atomic E-state index is 0.534. The summed E-state index contributed by atoms with van der Waals surface area (Å²) in [5.41, 5.74) is 1.71. The molecule has 2 rings (SSSR count). The van der Waals surface area contributed by atoms with Gasteiger partial charge in [0.15, 0.2) is 0 Å². The van der Waals surface area contributed by atoms with Crippen molar-refractivity contribution in [2.75, 3.05) is 5.32 Å². The lowest BCUT2D eigenvalue weighted by molar-refractivity contribution is -0.105. The van der Waals surface area contributed by atoms with Crippen molar-refractivity contribution in [1.29, 1.82) is 0 Å². The van der Waals surface area contributed by atoms with Gasteiger partial charge in [0.1, 0.15) is 5.82 Å². The first kappa shape index (κ1) is 9.33. The monoisotopic (exact) mass is 199 g/mol. The van der Waals surface area contributed by atoms with E-state index in [-0.39, 0.29) is 0 Å². The Bertz CT molecular complexity index is 456. The Labute approximate surface area is 87.0 Å². The van der Waals surface area contributed by atoms with Crippen LogP contribution in [0.4, 0.5) is 5.82 Å². The van der Waals surface area contributed by atoms with Crippen molar-refractivity contribution in [3.63, 3.8) is 0 Å². The molecule has 0 aliphatic rings. The molecular weight excluding hydrogens is 190 g/mol. The Hall–Kier alpha value is -2.23. The number of nitrogens with one attached hydrogen (secondary N) is 1. The highest BCUT2D eigenvalue weighted by atomic mass is 16.1. The Balaban J connectivity index is 2.37. The molecule has 0 aromatic carbocycles. The molecule has 0 aliphatic carbocycles. The molecule has 74 valence electrons. The standard InChI is InChI=1S/C11H9N3O/c15-8-13-11-5-1-4-10(14-11)9-3-2-6-12-7-9/h1-8H,(H,13,14,15). The average molecular weight is 199 g/mol. The van der Waals surface area contributed by atoms with Gasteiger partial charge in [-0.2, -0.15) is 0 Å². The summed E-state index contributed by atoms with van der Waals surface area (Å²) >= 11 is 0. The zero-order valence-corrected chi connectivity index (χ0v) is 7.92. The van der Waals surface area contributed by atoms with Crippen molar-refractivity contribution >= 4 is 12.2 Å². The number of nitrogens with zero attached hydrogens (tertiary/aromatic N) is 2. The lowest BCUT2D eigenvalue weighted by atomic mass is 10.2. The summed E-state index contributed by atoms with van der Waals surface area (Å²) in [7, 11) is 0. The van der Waals surface area contributed by atoms with Crippen LogP contribution in [0, 0.1) is 0 Å². The van der Waals surface area contributed by atoms with Gasteiger partial charge in [-0.15, -0.1) is 0 Å². The van der Waals surface area contributed by atoms with Crippen LogP contribution in [-0.2, 0) is 4.79 Å². The molecule has 1 amide bonds. The third-order valence-corrected chi connectivity index (χ3v) is 1.91. The van der Waals surface area contributed by atoms with Crippen molar-refractivity contribution in [3.05, 3.63) is 42.7 Å². The normalized spacial score (nSPS) is 9.60. The molecule has 0 atom stereocenters. The van der Waals surface area contributed by atoms with Crippen LogP contribution in [-0.4, -0.2) is 16.4 Å². The van der Waals surface area contributed by atoms with Gasteiger partial charge in [0.2, 0.25) is 6.41 Å². The molecule has 2 aromatic heterocycles. The van der Waals surface area contributed by atoms with Crippen LogP contribution in [0.15, 0.2) is 42.7 Å². The minimum Gasteiger partial charge on any atom is -0.313 e. The number of carbonyl (C=O) groups is 1. The van der Waals surface area contributed by atoms with E-state index in [1.165, 1.54) is 0 Å². The number of rotatable bonds is 3. The van der Waals surface area contributed by atoms with Gasteiger partial charge in [0, 0.05) is 18.0 Å². The molecule has 2 aromatic rings. The lowest BCUT2D eigenvalue weighted by Crippen LogP contribution is -1.97. The molecule has 4 heteroatoms. The molecular formula is C11H9N3O. The number of hydrogen-bond acceptors (Lipinski definition) is 3. The van der Waals surface area contributed by atoms with Gasteiger partial charge in [-0.25, -0.2) is 4.98 Å². The van der Waals surface area contributed by atoms with Crippen LogP contribution in [0.25, 0.3) is 11.3 Å². The summed E-state index contributed by atoms with van der Waals surface area (Å²) in [5, 5.41) is 2.51. The van der Waals surface area contributed by atoms with E-state index < -0.39 is 0 Å². The second-order valence-electron chi connectivity index (χ2n) is 2.91. The molecule has 0 bridgehead atoms. The summed E-state index contributed by atoms with van der Waals surface area (Å²) in [6, 6.07) is 9.19. The zero-order valence-electron chi connectivity index (χ0n) is 7.92. The maximum Gasteiger partial charge on any atom is 0.212 e. The fourth-order valence-electron chi connectivity index (χ4n) is 1.25. The van der Waals surface area contributed by atoms with Crippen molar-refractivity contribution in [2.45, 2.75) is 0 Å². The summed E-state index contributed by atoms with van der Waals surface area (Å²) in [4.78, 5) is 18.5. The fourth-order valence-corrected chi connectivity index (χ4v) is 1.25. The molecule has 0 radical (unpaired) electrons. The van der Waals surface area contributed by atoms with Crippen molar-refractivity contribution < 1.29 is 4.79 Å². The van der Waals surface area contributed by atoms with Crippen LogP contribution >= 0.6 is 0 Å². The first-order valence-corrected chi connectivity index (χ1v) is 4.48. The molecule has 2 heterocycles. The van der Waals surface area contributed by atoms with E-state index in [0.29, 0.717) is 12.2 Å². The molecule has 15 heavy (non-hydrogen) atoms. The van der Waals surface area contributed by atoms with Crippen LogP contribution < -0.4 is 5.32 Å². The van der Waals surface area contributed by atoms with Gasteiger partial charge in [-0.1, -0.05) is 6.07 Å². The smallest absolute Gasteiger partial charge is 0.212 e. The third-order valence-electron chi connectivity index (χ3n) is 1.91. The van der Waals surface area contributed by atoms with E-state index in [1.807, 2.05) is 24.3 Å². The van der Waals surface area contributed by atoms with E-state index in [0.717, 1.165) is 11.3 Å². The number of aromatic nitrogens is 2. The molecule has 4 nitrogen and oxygen atoms in total. The molecule has 0 aliphatic heterocycles. The van der Waals surface area contributed by atoms with Gasteiger partial charge >= 0.3 is 0 Å². The third kappa shape index (κ3) is 2.17. The van der Waals surface area contributed by atoms with E-state index in [9.17, 15) is 4.79 Å². The summed E-state index contributed by atoms with van der Waals surface area (Å²) in [6.07, 6.45) is 4.04. The number of hydrogen-bond donors (Lipinski definition) is 1. The van der Waals surface area contributed by atoms with E-state index in [4.69, 9.17) is 0 Å². The van der Waals surface area contributed by atoms with Gasteiger partial charge < -0.3 is 5.32 Å². The lowest BCUT2D eigenvalue weighted by Gasteiger charge is -2.02. The highest BCUT2D eigenvalue weighted by Crippen LogP contribution is 2.16. The van der Waals surface area contributed by atoms with E-state index in [1.54, 1.807) is 18.5 Å². The Kier molecular flexibility index (Phi) is 2.69. The molecule has 1 N–H and O–H groups in total. The van der Waals surface area contributed by atoms with Gasteiger partial charge in [0.05, 0.1) is 5.69 Å². The Morgan fingerprint density at radius 2 is 2.13 bits per heavy atom. The second kappa shape index (κ2) is 4.32. The summed E-state index contributed by atoms with van der Waals surface area (Å²) in [5.74, 6) is 0.534. The van der Waals surface area contributed by atoms with Gasteiger partial charge in [-0.3, -0.25) is 9.78 Å². The first-order valence-electron chi connectivity index (χ1n) is 4.48. The van der Waals surface area contributed by atoms with Crippen molar-refractivity contribution in [1.82, 2.24) is 9.97 Å². The molecule has 0 saturated heterocycles. The van der Waals surface area contributed by atoms with Crippen LogP contribution in [0.1, 0.15) is 0 Å². The largest absolute Gasteiger partial charge is 0.313 e. The van der Waals surface area contributed by atoms with Crippen molar-refractivity contribution in [3.8, 4) is 11.3 Å². The number of amides is 1. The maximum absolute atomic E-state index is 10.3. The second-order valence-corrected chi connectivity index (χ2v) is 2.91. The van der Waals surface area contributed by atoms with Crippen LogP contribution in [0.2, 0.25) is 0 Å². The van der Waals surface area contributed by atoms with Crippen LogP contribution in [0.5, 0.6) is 0 Å². The molecule has 0 fully saturated rings. The van der Waals surface area contributed by atoms with Gasteiger partial charge in [0.25, 0.3) is 0 Å². The topological polar surface area (TPSA) is 54.9 Å². The molecule has 0 saturated carbocycles. The van der Waals surface area contributed by atoms with E-state index >= 15 is 0 Å². The fraction of sp³-hybridized carbons (Fsp3) is 0. The van der Waals surface area contributed by atoms with Crippen LogP contribution in [0.3, 0.4) is 0 Å². The minimum atomic E-state index is 0.534. The predicted molar refractivity (Wildman–Crippen MR) is 57.2 cm³/mol. The summed E-state index contributed by atoms with van der Waals surface area (Å²) < 4.78 is 0. The first-order chi connectivity index (χ1) is 7.40. The Morgan fingerprint density at radius 3 is 2.87 bits per heavy atom. The highest BCUT2D eigenvalue weighted by molar-refractivity contribution is 5.70. The molecule has 0 unspecified atom stereocenters. The van der Waals surface area contributed by atoms with Gasteiger partial charge in [-0.05, 0) is 24.3 Å². The number of pyridine rings is 2. The predicted octanol–water partition coefficient (Wildman–Crippen LogP) is 1.71. The summed E-state index contributed by atoms with van der Waals surface area (Å²) in [6.45, 7) is 0. The highest BCUT2D eigenvalue weighted by Gasteiger charge is 1.99.